The molecule has 8 amide bonds. The molecule has 80 heavy (non-hydrogen) atoms. The molecular weight excluding hydrogens is 1030 g/mol. The van der Waals surface area contributed by atoms with Gasteiger partial charge in [-0.1, -0.05) is 83.5 Å². The number of ether oxygens (including phenoxy) is 4. The van der Waals surface area contributed by atoms with Crippen molar-refractivity contribution in [3.8, 4) is 0 Å². The number of carbonyl (C=O) groups is 8. The minimum Gasteiger partial charge on any atom is -0.467 e. The van der Waals surface area contributed by atoms with Crippen molar-refractivity contribution in [2.45, 2.75) is 155 Å². The second kappa shape index (κ2) is 34.0. The summed E-state index contributed by atoms with van der Waals surface area (Å²) >= 11 is 0. The zero-order chi connectivity index (χ0) is 59.7. The highest BCUT2D eigenvalue weighted by molar-refractivity contribution is 5.97. The lowest BCUT2D eigenvalue weighted by Gasteiger charge is -2.39. The van der Waals surface area contributed by atoms with Crippen LogP contribution in [-0.2, 0) is 60.6 Å². The van der Waals surface area contributed by atoms with E-state index in [0.29, 0.717) is 44.5 Å². The Hall–Kier alpha value is -6.36. The number of rotatable bonds is 33. The number of nitrogens with two attached hydrogens (primary N) is 1. The minimum atomic E-state index is -0.999. The first-order valence-corrected chi connectivity index (χ1v) is 28.0. The Kier molecular flexibility index (Phi) is 28.9. The number of hydrogen-bond acceptors (Lipinski definition) is 14. The Morgan fingerprint density at radius 2 is 1.46 bits per heavy atom. The van der Waals surface area contributed by atoms with E-state index in [1.54, 1.807) is 59.1 Å². The van der Waals surface area contributed by atoms with Crippen molar-refractivity contribution in [1.29, 1.82) is 0 Å². The van der Waals surface area contributed by atoms with Gasteiger partial charge in [-0.2, -0.15) is 0 Å². The largest absolute Gasteiger partial charge is 0.467 e. The molecule has 1 aliphatic heterocycles. The third kappa shape index (κ3) is 22.6. The van der Waals surface area contributed by atoms with Gasteiger partial charge in [-0.05, 0) is 108 Å². The average Bonchev–Trinajstić information content (AvgIpc) is 3.91. The van der Waals surface area contributed by atoms with Gasteiger partial charge in [-0.3, -0.25) is 33.8 Å². The Labute approximate surface area is 474 Å². The van der Waals surface area contributed by atoms with Crippen LogP contribution in [0, 0.1) is 17.8 Å². The lowest BCUT2D eigenvalue weighted by atomic mass is 9.90. The molecule has 22 heteroatoms. The van der Waals surface area contributed by atoms with Crippen LogP contribution in [0.3, 0.4) is 0 Å². The van der Waals surface area contributed by atoms with E-state index in [4.69, 9.17) is 24.7 Å². The quantitative estimate of drug-likeness (QED) is 0.0393. The lowest BCUT2D eigenvalue weighted by molar-refractivity contribution is -0.146. The second-order valence-electron chi connectivity index (χ2n) is 22.2. The van der Waals surface area contributed by atoms with Crippen LogP contribution >= 0.6 is 0 Å². The molecule has 1 aliphatic rings. The van der Waals surface area contributed by atoms with Crippen molar-refractivity contribution in [3.05, 3.63) is 65.7 Å². The van der Waals surface area contributed by atoms with E-state index < -0.39 is 72.2 Å². The number of amides is 8. The lowest BCUT2D eigenvalue weighted by Crippen LogP contribution is -2.55. The molecular formula is C58H94N10O12. The van der Waals surface area contributed by atoms with Crippen LogP contribution < -0.4 is 37.6 Å². The predicted octanol–water partition coefficient (Wildman–Crippen LogP) is 3.99. The van der Waals surface area contributed by atoms with Crippen LogP contribution in [0.4, 0.5) is 15.3 Å². The molecule has 22 nitrogen and oxygen atoms in total. The fraction of sp³-hybridized carbons (Fsp3) is 0.655. The maximum Gasteiger partial charge on any atom is 0.408 e. The number of benzene rings is 2. The van der Waals surface area contributed by atoms with Gasteiger partial charge < -0.3 is 61.5 Å². The summed E-state index contributed by atoms with van der Waals surface area (Å²) in [6.07, 6.45) is 2.88. The van der Waals surface area contributed by atoms with Gasteiger partial charge in [0.15, 0.2) is 0 Å². The Balaban J connectivity index is 1.60. The summed E-state index contributed by atoms with van der Waals surface area (Å²) in [5, 5.41) is 16.2. The maximum atomic E-state index is 14.0. The zero-order valence-corrected chi connectivity index (χ0v) is 49.7. The number of primary amides is 1. The number of anilines is 1. The number of hydrogen-bond donors (Lipinski definition) is 7. The standard InChI is InChI=1S/C58H94N10O12/c1-14-38(4)50(46(77-11)29-33-68-31-19-23-45(68)51(78-12)39(5)52(71)65-44(55(74)79-13)34-41-20-16-15-17-21-41)67(10)48(70)36-61-54(73)49(37(2)3)66(9)32-28-40-24-26-42(27-25-40)63-53(72)43(22-18-30-60-56(59)75)64-47(69)35-62-57(76)80-58(6,7)8/h15-17,20-21,24-27,37-39,43-46,49-51H,14,18-19,22-23,28-36H2,1-13H3,(H,61,73)(H,62,76)(H,63,72)(H,64,69)(H,65,71)(H3,59,60,75). The van der Waals surface area contributed by atoms with E-state index in [0.717, 1.165) is 36.9 Å². The first kappa shape index (κ1) is 67.9. The predicted molar refractivity (Wildman–Crippen MR) is 306 cm³/mol. The summed E-state index contributed by atoms with van der Waals surface area (Å²) in [6.45, 7) is 16.5. The highest BCUT2D eigenvalue weighted by atomic mass is 16.6. The fourth-order valence-corrected chi connectivity index (χ4v) is 10.3. The van der Waals surface area contributed by atoms with Crippen molar-refractivity contribution in [2.75, 3.05) is 80.0 Å². The van der Waals surface area contributed by atoms with E-state index in [1.807, 2.05) is 75.2 Å². The molecule has 0 bridgehead atoms. The number of likely N-dealkylation sites (N-methyl/N-ethyl adjacent to an activating group) is 2. The Morgan fingerprint density at radius 1 is 0.787 bits per heavy atom. The molecule has 2 aromatic carbocycles. The number of nitrogens with one attached hydrogen (secondary N) is 6. The zero-order valence-electron chi connectivity index (χ0n) is 49.7. The van der Waals surface area contributed by atoms with Crippen molar-refractivity contribution >= 4 is 53.3 Å². The molecule has 0 saturated carbocycles. The van der Waals surface area contributed by atoms with Gasteiger partial charge in [0.05, 0.1) is 43.9 Å². The number of carbonyl (C=O) groups excluding carboxylic acids is 8. The Bertz CT molecular complexity index is 2280. The molecule has 9 atom stereocenters. The monoisotopic (exact) mass is 1120 g/mol. The molecule has 9 unspecified atom stereocenters. The summed E-state index contributed by atoms with van der Waals surface area (Å²) in [5.74, 6) is -3.07. The van der Waals surface area contributed by atoms with Crippen molar-refractivity contribution in [3.63, 3.8) is 0 Å². The molecule has 1 fully saturated rings. The molecule has 0 radical (unpaired) electrons. The summed E-state index contributed by atoms with van der Waals surface area (Å²) in [6, 6.07) is 13.2. The molecule has 448 valence electrons. The summed E-state index contributed by atoms with van der Waals surface area (Å²) < 4.78 is 22.4. The molecule has 1 saturated heterocycles. The van der Waals surface area contributed by atoms with Crippen molar-refractivity contribution in [1.82, 2.24) is 41.3 Å². The Morgan fingerprint density at radius 3 is 2.05 bits per heavy atom. The number of methoxy groups -OCH3 is 3. The van der Waals surface area contributed by atoms with Crippen LogP contribution in [0.1, 0.15) is 105 Å². The van der Waals surface area contributed by atoms with Gasteiger partial charge >= 0.3 is 18.1 Å². The van der Waals surface area contributed by atoms with Crippen LogP contribution in [0.15, 0.2) is 54.6 Å². The average molecular weight is 1120 g/mol. The van der Waals surface area contributed by atoms with Gasteiger partial charge in [0.1, 0.15) is 24.2 Å². The second-order valence-corrected chi connectivity index (χ2v) is 22.2. The van der Waals surface area contributed by atoms with Crippen LogP contribution in [0.2, 0.25) is 0 Å². The molecule has 3 rings (SSSR count). The van der Waals surface area contributed by atoms with Crippen LogP contribution in [0.25, 0.3) is 0 Å². The topological polar surface area (TPSA) is 281 Å². The third-order valence-electron chi connectivity index (χ3n) is 14.7. The highest BCUT2D eigenvalue weighted by Crippen LogP contribution is 2.29. The van der Waals surface area contributed by atoms with Crippen LogP contribution in [0.5, 0.6) is 0 Å². The van der Waals surface area contributed by atoms with E-state index >= 15 is 0 Å². The molecule has 8 N–H and O–H groups in total. The van der Waals surface area contributed by atoms with E-state index in [1.165, 1.54) is 7.11 Å². The van der Waals surface area contributed by atoms with Crippen LogP contribution in [-0.4, -0.2) is 185 Å². The number of nitrogens with zero attached hydrogens (tertiary/aromatic N) is 3. The summed E-state index contributed by atoms with van der Waals surface area (Å²) in [4.78, 5) is 110. The summed E-state index contributed by atoms with van der Waals surface area (Å²) in [5.41, 5.74) is 6.73. The molecule has 0 aromatic heterocycles. The highest BCUT2D eigenvalue weighted by Gasteiger charge is 2.40. The van der Waals surface area contributed by atoms with Crippen molar-refractivity contribution in [2.24, 2.45) is 23.5 Å². The number of urea groups is 1. The fourth-order valence-electron chi connectivity index (χ4n) is 10.3. The van der Waals surface area contributed by atoms with Gasteiger partial charge in [-0.15, -0.1) is 0 Å². The molecule has 0 spiro atoms. The smallest absolute Gasteiger partial charge is 0.408 e. The molecule has 1 heterocycles. The van der Waals surface area contributed by atoms with Gasteiger partial charge in [0, 0.05) is 59.1 Å². The maximum absolute atomic E-state index is 14.0. The SMILES string of the molecule is CCC(C)C(C(CCN1CCCC1C(OC)C(C)C(=O)NC(Cc1ccccc1)C(=O)OC)OC)N(C)C(=O)CNC(=O)C(C(C)C)N(C)CCc1ccc(NC(=O)C(CCCNC(N)=O)NC(=O)CNC(=O)OC(C)(C)C)cc1. The van der Waals surface area contributed by atoms with E-state index in [2.05, 4.69) is 50.6 Å². The van der Waals surface area contributed by atoms with E-state index in [-0.39, 0.29) is 67.3 Å². The minimum absolute atomic E-state index is 0.0576. The van der Waals surface area contributed by atoms with E-state index in [9.17, 15) is 38.4 Å². The normalized spacial score (nSPS) is 16.7. The number of alkyl carbamates (subject to hydrolysis) is 1. The van der Waals surface area contributed by atoms with Gasteiger partial charge in [-0.25, -0.2) is 14.4 Å². The first-order chi connectivity index (χ1) is 37.8. The number of esters is 1. The number of likely N-dealkylation sites (tertiary alicyclic amines) is 1. The molecule has 0 aliphatic carbocycles. The molecule has 2 aromatic rings. The van der Waals surface area contributed by atoms with Gasteiger partial charge in [0.25, 0.3) is 0 Å². The third-order valence-corrected chi connectivity index (χ3v) is 14.7. The van der Waals surface area contributed by atoms with Gasteiger partial charge in [0.2, 0.25) is 29.5 Å². The summed E-state index contributed by atoms with van der Waals surface area (Å²) in [7, 11) is 8.20. The first-order valence-electron chi connectivity index (χ1n) is 28.0. The van der Waals surface area contributed by atoms with Crippen molar-refractivity contribution < 1.29 is 57.3 Å².